The second-order valence-corrected chi connectivity index (χ2v) is 12.5. The van der Waals surface area contributed by atoms with Crippen LogP contribution in [0.5, 0.6) is 0 Å². The van der Waals surface area contributed by atoms with Crippen molar-refractivity contribution in [1.29, 1.82) is 0 Å². The third-order valence-electron chi connectivity index (χ3n) is 4.65. The molecular formula is C22H38O8P2. The lowest BCUT2D eigenvalue weighted by atomic mass is 9.95. The molecule has 0 unspecified atom stereocenters. The summed E-state index contributed by atoms with van der Waals surface area (Å²) in [7, 11) is -6.66. The predicted molar refractivity (Wildman–Crippen MR) is 124 cm³/mol. The zero-order chi connectivity index (χ0) is 23.8. The fraction of sp³-hybridized carbons (Fsp3) is 0.727. The Morgan fingerprint density at radius 3 is 1.50 bits per heavy atom. The van der Waals surface area contributed by atoms with Gasteiger partial charge < -0.3 is 27.6 Å². The van der Waals surface area contributed by atoms with Gasteiger partial charge in [-0.15, -0.1) is 0 Å². The largest absolute Gasteiger partial charge is 0.348 e. The van der Waals surface area contributed by atoms with Gasteiger partial charge in [0.15, 0.2) is 6.29 Å². The summed E-state index contributed by atoms with van der Waals surface area (Å²) >= 11 is 0. The van der Waals surface area contributed by atoms with Crippen LogP contribution in [0.3, 0.4) is 0 Å². The van der Waals surface area contributed by atoms with Crippen LogP contribution in [0.4, 0.5) is 0 Å². The maximum Gasteiger partial charge on any atom is 0.335 e. The lowest BCUT2D eigenvalue weighted by Crippen LogP contribution is -2.33. The molecule has 1 heterocycles. The normalized spacial score (nSPS) is 17.6. The standard InChI is InChI=1S/C22H38O8P2/c1-7-27-31(23,28-8-2)14-18-11-19(15-32(24,29-9-3)30-10-4)13-20(12-18)21-25-16-22(5,6)17-26-21/h11-13,21H,7-10,14-17H2,1-6H3. The molecule has 1 aromatic rings. The van der Waals surface area contributed by atoms with E-state index in [9.17, 15) is 9.13 Å². The topological polar surface area (TPSA) is 89.5 Å². The molecule has 32 heavy (non-hydrogen) atoms. The van der Waals surface area contributed by atoms with Crippen molar-refractivity contribution in [2.45, 2.75) is 60.2 Å². The van der Waals surface area contributed by atoms with Crippen molar-refractivity contribution in [3.63, 3.8) is 0 Å². The zero-order valence-corrected chi connectivity index (χ0v) is 21.9. The fourth-order valence-corrected chi connectivity index (χ4v) is 6.83. The number of rotatable bonds is 13. The maximum absolute atomic E-state index is 13.1. The van der Waals surface area contributed by atoms with Gasteiger partial charge >= 0.3 is 15.2 Å². The van der Waals surface area contributed by atoms with Gasteiger partial charge in [0.1, 0.15) is 0 Å². The summed E-state index contributed by atoms with van der Waals surface area (Å²) < 4.78 is 60.1. The Labute approximate surface area is 192 Å². The van der Waals surface area contributed by atoms with Crippen LogP contribution < -0.4 is 0 Å². The van der Waals surface area contributed by atoms with Crippen LogP contribution in [0, 0.1) is 5.41 Å². The zero-order valence-electron chi connectivity index (χ0n) is 20.1. The van der Waals surface area contributed by atoms with Gasteiger partial charge in [-0.1, -0.05) is 32.0 Å². The van der Waals surface area contributed by atoms with E-state index in [1.807, 2.05) is 18.2 Å². The van der Waals surface area contributed by atoms with Crippen molar-refractivity contribution >= 4 is 15.2 Å². The van der Waals surface area contributed by atoms with Gasteiger partial charge in [-0.2, -0.15) is 0 Å². The first kappa shape index (κ1) is 27.7. The van der Waals surface area contributed by atoms with Crippen molar-refractivity contribution in [3.05, 3.63) is 34.9 Å². The molecule has 0 radical (unpaired) electrons. The third-order valence-corrected chi connectivity index (χ3v) is 8.76. The van der Waals surface area contributed by atoms with Crippen molar-refractivity contribution in [1.82, 2.24) is 0 Å². The summed E-state index contributed by atoms with van der Waals surface area (Å²) in [5.41, 5.74) is 2.13. The SMILES string of the molecule is CCOP(=O)(Cc1cc(CP(=O)(OCC)OCC)cc(C2OCC(C)(C)CO2)c1)OCC. The lowest BCUT2D eigenvalue weighted by Gasteiger charge is -2.35. The number of hydrogen-bond acceptors (Lipinski definition) is 8. The van der Waals surface area contributed by atoms with Crippen molar-refractivity contribution in [2.75, 3.05) is 39.6 Å². The Balaban J connectivity index is 2.40. The van der Waals surface area contributed by atoms with Crippen LogP contribution in [0.15, 0.2) is 18.2 Å². The molecule has 0 bridgehead atoms. The van der Waals surface area contributed by atoms with Crippen molar-refractivity contribution < 1.29 is 36.7 Å². The molecule has 0 N–H and O–H groups in total. The lowest BCUT2D eigenvalue weighted by molar-refractivity contribution is -0.226. The second kappa shape index (κ2) is 12.2. The summed E-state index contributed by atoms with van der Waals surface area (Å²) in [6.45, 7) is 13.5. The molecule has 1 saturated heterocycles. The van der Waals surface area contributed by atoms with Gasteiger partial charge in [0.05, 0.1) is 52.0 Å². The van der Waals surface area contributed by atoms with Gasteiger partial charge in [0.25, 0.3) is 0 Å². The van der Waals surface area contributed by atoms with E-state index in [1.165, 1.54) is 0 Å². The van der Waals surface area contributed by atoms with Crippen LogP contribution in [0.1, 0.15) is 64.5 Å². The van der Waals surface area contributed by atoms with Gasteiger partial charge in [0, 0.05) is 11.0 Å². The summed E-state index contributed by atoms with van der Waals surface area (Å²) in [5.74, 6) is 0. The summed E-state index contributed by atoms with van der Waals surface area (Å²) in [6, 6.07) is 5.60. The minimum Gasteiger partial charge on any atom is -0.348 e. The third kappa shape index (κ3) is 8.34. The highest BCUT2D eigenvalue weighted by atomic mass is 31.2. The number of hydrogen-bond donors (Lipinski definition) is 0. The first-order valence-electron chi connectivity index (χ1n) is 11.2. The van der Waals surface area contributed by atoms with Crippen LogP contribution in [0.25, 0.3) is 0 Å². The molecule has 0 aliphatic carbocycles. The minimum atomic E-state index is -3.33. The van der Waals surface area contributed by atoms with Gasteiger partial charge in [-0.05, 0) is 38.8 Å². The molecule has 8 nitrogen and oxygen atoms in total. The molecule has 1 aromatic carbocycles. The molecule has 184 valence electrons. The molecule has 0 atom stereocenters. The van der Waals surface area contributed by atoms with E-state index in [4.69, 9.17) is 27.6 Å². The average molecular weight is 492 g/mol. The van der Waals surface area contributed by atoms with E-state index in [1.54, 1.807) is 27.7 Å². The molecule has 10 heteroatoms. The fourth-order valence-electron chi connectivity index (χ4n) is 3.49. The van der Waals surface area contributed by atoms with Crippen molar-refractivity contribution in [3.8, 4) is 0 Å². The first-order valence-corrected chi connectivity index (χ1v) is 14.7. The molecule has 2 rings (SSSR count). The van der Waals surface area contributed by atoms with E-state index in [0.717, 1.165) is 16.7 Å². The molecule has 0 spiro atoms. The van der Waals surface area contributed by atoms with E-state index >= 15 is 0 Å². The Morgan fingerprint density at radius 1 is 0.781 bits per heavy atom. The van der Waals surface area contributed by atoms with Gasteiger partial charge in [-0.3, -0.25) is 9.13 Å². The molecule has 0 amide bonds. The van der Waals surface area contributed by atoms with E-state index in [2.05, 4.69) is 13.8 Å². The molecule has 1 aliphatic rings. The Kier molecular flexibility index (Phi) is 10.6. The highest BCUT2D eigenvalue weighted by Gasteiger charge is 2.32. The first-order chi connectivity index (χ1) is 15.1. The maximum atomic E-state index is 13.1. The van der Waals surface area contributed by atoms with Gasteiger partial charge in [0.2, 0.25) is 0 Å². The molecule has 0 saturated carbocycles. The van der Waals surface area contributed by atoms with Crippen LogP contribution in [-0.2, 0) is 49.0 Å². The van der Waals surface area contributed by atoms with E-state index in [0.29, 0.717) is 13.2 Å². The highest BCUT2D eigenvalue weighted by Crippen LogP contribution is 2.53. The predicted octanol–water partition coefficient (Wildman–Crippen LogP) is 6.29. The minimum absolute atomic E-state index is 0.0732. The van der Waals surface area contributed by atoms with Gasteiger partial charge in [-0.25, -0.2) is 0 Å². The molecular weight excluding hydrogens is 454 g/mol. The summed E-state index contributed by atoms with van der Waals surface area (Å²) in [5, 5.41) is 0. The Morgan fingerprint density at radius 2 is 1.16 bits per heavy atom. The van der Waals surface area contributed by atoms with E-state index < -0.39 is 21.5 Å². The summed E-state index contributed by atoms with van der Waals surface area (Å²) in [6.07, 6.45) is -0.401. The highest BCUT2D eigenvalue weighted by molar-refractivity contribution is 7.53. The molecule has 0 aromatic heterocycles. The molecule has 1 aliphatic heterocycles. The van der Waals surface area contributed by atoms with Crippen LogP contribution in [-0.4, -0.2) is 39.6 Å². The van der Waals surface area contributed by atoms with Crippen molar-refractivity contribution in [2.24, 2.45) is 5.41 Å². The Bertz CT molecular complexity index is 746. The average Bonchev–Trinajstić information content (AvgIpc) is 2.68. The van der Waals surface area contributed by atoms with Crippen LogP contribution >= 0.6 is 15.2 Å². The number of ether oxygens (including phenoxy) is 2. The van der Waals surface area contributed by atoms with Crippen LogP contribution in [0.2, 0.25) is 0 Å². The Hall–Kier alpha value is -0.560. The second-order valence-electron chi connectivity index (χ2n) is 8.41. The number of benzene rings is 1. The monoisotopic (exact) mass is 492 g/mol. The van der Waals surface area contributed by atoms with E-state index in [-0.39, 0.29) is 44.2 Å². The summed E-state index contributed by atoms with van der Waals surface area (Å²) in [4.78, 5) is 0. The quantitative estimate of drug-likeness (QED) is 0.297. The smallest absolute Gasteiger partial charge is 0.335 e. The molecule has 1 fully saturated rings.